The Labute approximate surface area is 98.8 Å². The number of benzene rings is 1. The fraction of sp³-hybridized carbons (Fsp3) is 0.167. The van der Waals surface area contributed by atoms with Gasteiger partial charge in [0.2, 0.25) is 11.8 Å². The fourth-order valence-corrected chi connectivity index (χ4v) is 1.34. The number of hydrogen-bond donors (Lipinski definition) is 2. The van der Waals surface area contributed by atoms with E-state index in [2.05, 4.69) is 15.8 Å². The van der Waals surface area contributed by atoms with Crippen LogP contribution in [0.1, 0.15) is 5.69 Å². The molecule has 0 radical (unpaired) electrons. The molecule has 0 aliphatic rings. The molecule has 0 bridgehead atoms. The van der Waals surface area contributed by atoms with Crippen LogP contribution in [0.4, 0.5) is 11.6 Å². The molecule has 5 heteroatoms. The number of nitrogens with one attached hydrogen (secondary N) is 2. The van der Waals surface area contributed by atoms with Crippen LogP contribution in [0.2, 0.25) is 0 Å². The molecule has 1 aromatic heterocycles. The van der Waals surface area contributed by atoms with E-state index in [1.54, 1.807) is 13.0 Å². The number of aromatic nitrogens is 1. The SMILES string of the molecule is Cc1cc(NC(=O)CNc2ccccc2)on1. The highest BCUT2D eigenvalue weighted by molar-refractivity contribution is 5.92. The lowest BCUT2D eigenvalue weighted by Crippen LogP contribution is -2.21. The van der Waals surface area contributed by atoms with Gasteiger partial charge in [0.05, 0.1) is 12.2 Å². The summed E-state index contributed by atoms with van der Waals surface area (Å²) in [5, 5.41) is 9.28. The maximum absolute atomic E-state index is 11.5. The first kappa shape index (κ1) is 11.2. The number of amides is 1. The molecule has 0 atom stereocenters. The predicted molar refractivity (Wildman–Crippen MR) is 64.8 cm³/mol. The molecule has 1 aromatic carbocycles. The van der Waals surface area contributed by atoms with E-state index in [1.165, 1.54) is 0 Å². The molecule has 0 saturated carbocycles. The summed E-state index contributed by atoms with van der Waals surface area (Å²) in [4.78, 5) is 11.5. The van der Waals surface area contributed by atoms with Gasteiger partial charge in [-0.1, -0.05) is 23.4 Å². The number of carbonyl (C=O) groups is 1. The van der Waals surface area contributed by atoms with E-state index >= 15 is 0 Å². The molecule has 17 heavy (non-hydrogen) atoms. The number of carbonyl (C=O) groups excluding carboxylic acids is 1. The van der Waals surface area contributed by atoms with Crippen molar-refractivity contribution in [1.82, 2.24) is 5.16 Å². The van der Waals surface area contributed by atoms with Gasteiger partial charge >= 0.3 is 0 Å². The Balaban J connectivity index is 1.82. The van der Waals surface area contributed by atoms with E-state index in [9.17, 15) is 4.79 Å². The minimum Gasteiger partial charge on any atom is -0.376 e. The Morgan fingerprint density at radius 2 is 2.12 bits per heavy atom. The largest absolute Gasteiger partial charge is 0.376 e. The monoisotopic (exact) mass is 231 g/mol. The summed E-state index contributed by atoms with van der Waals surface area (Å²) < 4.78 is 4.88. The second kappa shape index (κ2) is 5.16. The van der Waals surface area contributed by atoms with Gasteiger partial charge in [-0.3, -0.25) is 10.1 Å². The average molecular weight is 231 g/mol. The maximum Gasteiger partial charge on any atom is 0.246 e. The highest BCUT2D eigenvalue weighted by Gasteiger charge is 2.05. The van der Waals surface area contributed by atoms with Gasteiger partial charge in [0.1, 0.15) is 0 Å². The zero-order chi connectivity index (χ0) is 12.1. The molecule has 0 saturated heterocycles. The molecule has 2 rings (SSSR count). The Kier molecular flexibility index (Phi) is 3.40. The summed E-state index contributed by atoms with van der Waals surface area (Å²) in [5.74, 6) is 0.187. The third-order valence-electron chi connectivity index (χ3n) is 2.12. The van der Waals surface area contributed by atoms with Crippen molar-refractivity contribution in [1.29, 1.82) is 0 Å². The smallest absolute Gasteiger partial charge is 0.246 e. The summed E-state index contributed by atoms with van der Waals surface area (Å²) in [7, 11) is 0. The van der Waals surface area contributed by atoms with Crippen LogP contribution < -0.4 is 10.6 Å². The van der Waals surface area contributed by atoms with E-state index < -0.39 is 0 Å². The number of para-hydroxylation sites is 1. The number of hydrogen-bond acceptors (Lipinski definition) is 4. The quantitative estimate of drug-likeness (QED) is 0.844. The molecule has 0 unspecified atom stereocenters. The summed E-state index contributed by atoms with van der Waals surface area (Å²) in [5.41, 5.74) is 1.63. The predicted octanol–water partition coefficient (Wildman–Crippen LogP) is 2.03. The average Bonchev–Trinajstić information content (AvgIpc) is 2.73. The molecule has 1 heterocycles. The molecule has 0 aliphatic carbocycles. The molecule has 2 N–H and O–H groups in total. The van der Waals surface area contributed by atoms with Crippen LogP contribution >= 0.6 is 0 Å². The van der Waals surface area contributed by atoms with Crippen LogP contribution in [0.15, 0.2) is 40.9 Å². The van der Waals surface area contributed by atoms with Gasteiger partial charge in [0, 0.05) is 11.8 Å². The molecule has 5 nitrogen and oxygen atoms in total. The van der Waals surface area contributed by atoms with Crippen molar-refractivity contribution in [3.05, 3.63) is 42.1 Å². The lowest BCUT2D eigenvalue weighted by Gasteiger charge is -2.04. The third kappa shape index (κ3) is 3.34. The van der Waals surface area contributed by atoms with E-state index in [0.717, 1.165) is 11.4 Å². The molecular weight excluding hydrogens is 218 g/mol. The van der Waals surface area contributed by atoms with Gasteiger partial charge in [0.25, 0.3) is 0 Å². The second-order valence-electron chi connectivity index (χ2n) is 3.60. The lowest BCUT2D eigenvalue weighted by molar-refractivity contribution is -0.114. The molecule has 0 aliphatic heterocycles. The van der Waals surface area contributed by atoms with Crippen molar-refractivity contribution in [3.63, 3.8) is 0 Å². The standard InChI is InChI=1S/C12H13N3O2/c1-9-7-12(17-15-9)14-11(16)8-13-10-5-3-2-4-6-10/h2-7,13H,8H2,1H3,(H,14,16). The first-order chi connectivity index (χ1) is 8.24. The molecule has 2 aromatic rings. The normalized spacial score (nSPS) is 9.94. The van der Waals surface area contributed by atoms with Crippen molar-refractivity contribution in [2.75, 3.05) is 17.2 Å². The minimum atomic E-state index is -0.176. The van der Waals surface area contributed by atoms with Gasteiger partial charge in [-0.15, -0.1) is 0 Å². The van der Waals surface area contributed by atoms with Crippen molar-refractivity contribution < 1.29 is 9.32 Å². The summed E-state index contributed by atoms with van der Waals surface area (Å²) in [6.45, 7) is 1.98. The van der Waals surface area contributed by atoms with Gasteiger partial charge in [-0.05, 0) is 19.1 Å². The molecule has 88 valence electrons. The molecule has 1 amide bonds. The summed E-state index contributed by atoms with van der Waals surface area (Å²) in [6, 6.07) is 11.2. The van der Waals surface area contributed by atoms with E-state index in [4.69, 9.17) is 4.52 Å². The number of rotatable bonds is 4. The highest BCUT2D eigenvalue weighted by atomic mass is 16.5. The first-order valence-corrected chi connectivity index (χ1v) is 5.26. The Bertz CT molecular complexity index is 493. The second-order valence-corrected chi connectivity index (χ2v) is 3.60. The van der Waals surface area contributed by atoms with E-state index in [1.807, 2.05) is 30.3 Å². The van der Waals surface area contributed by atoms with E-state index in [0.29, 0.717) is 5.88 Å². The minimum absolute atomic E-state index is 0.176. The number of nitrogens with zero attached hydrogens (tertiary/aromatic N) is 1. The molecule has 0 spiro atoms. The summed E-state index contributed by atoms with van der Waals surface area (Å²) in [6.07, 6.45) is 0. The van der Waals surface area contributed by atoms with Crippen LogP contribution in [0.3, 0.4) is 0 Å². The number of aryl methyl sites for hydroxylation is 1. The fourth-order valence-electron chi connectivity index (χ4n) is 1.34. The van der Waals surface area contributed by atoms with Gasteiger partial charge in [-0.25, -0.2) is 0 Å². The number of anilines is 2. The first-order valence-electron chi connectivity index (χ1n) is 5.26. The van der Waals surface area contributed by atoms with Crippen LogP contribution in [-0.4, -0.2) is 17.6 Å². The molecular formula is C12H13N3O2. The Morgan fingerprint density at radius 1 is 1.35 bits per heavy atom. The maximum atomic E-state index is 11.5. The highest BCUT2D eigenvalue weighted by Crippen LogP contribution is 2.08. The van der Waals surface area contributed by atoms with Crippen molar-refractivity contribution in [2.45, 2.75) is 6.92 Å². The van der Waals surface area contributed by atoms with Crippen molar-refractivity contribution in [3.8, 4) is 0 Å². The molecule has 0 fully saturated rings. The van der Waals surface area contributed by atoms with Gasteiger partial charge < -0.3 is 9.84 Å². The van der Waals surface area contributed by atoms with Crippen LogP contribution in [0.25, 0.3) is 0 Å². The van der Waals surface area contributed by atoms with E-state index in [-0.39, 0.29) is 12.5 Å². The van der Waals surface area contributed by atoms with Crippen LogP contribution in [0.5, 0.6) is 0 Å². The summed E-state index contributed by atoms with van der Waals surface area (Å²) >= 11 is 0. The Hall–Kier alpha value is -2.30. The Morgan fingerprint density at radius 3 is 2.76 bits per heavy atom. The van der Waals surface area contributed by atoms with Crippen LogP contribution in [0, 0.1) is 6.92 Å². The van der Waals surface area contributed by atoms with Crippen molar-refractivity contribution in [2.24, 2.45) is 0 Å². The van der Waals surface area contributed by atoms with Gasteiger partial charge in [0.15, 0.2) is 0 Å². The van der Waals surface area contributed by atoms with Gasteiger partial charge in [-0.2, -0.15) is 0 Å². The zero-order valence-corrected chi connectivity index (χ0v) is 9.43. The zero-order valence-electron chi connectivity index (χ0n) is 9.43. The third-order valence-corrected chi connectivity index (χ3v) is 2.12. The van der Waals surface area contributed by atoms with Crippen molar-refractivity contribution >= 4 is 17.5 Å². The van der Waals surface area contributed by atoms with Crippen LogP contribution in [-0.2, 0) is 4.79 Å². The topological polar surface area (TPSA) is 67.2 Å². The lowest BCUT2D eigenvalue weighted by atomic mass is 10.3.